The lowest BCUT2D eigenvalue weighted by Crippen LogP contribution is -2.38. The van der Waals surface area contributed by atoms with E-state index in [2.05, 4.69) is 34.2 Å². The molecule has 3 heterocycles. The minimum absolute atomic E-state index is 0.0376. The first-order chi connectivity index (χ1) is 17.7. The van der Waals surface area contributed by atoms with Crippen LogP contribution in [0.15, 0.2) is 18.2 Å². The van der Waals surface area contributed by atoms with Crippen molar-refractivity contribution in [2.75, 3.05) is 45.6 Å². The van der Waals surface area contributed by atoms with E-state index in [1.54, 1.807) is 0 Å². The maximum absolute atomic E-state index is 14.1. The van der Waals surface area contributed by atoms with Crippen LogP contribution in [0.1, 0.15) is 56.0 Å². The molecule has 0 saturated carbocycles. The molecule has 0 aliphatic carbocycles. The van der Waals surface area contributed by atoms with Gasteiger partial charge >= 0.3 is 0 Å². The number of anilines is 1. The molecule has 2 aromatic rings. The topological polar surface area (TPSA) is 64.6 Å². The van der Waals surface area contributed by atoms with Crippen LogP contribution in [-0.2, 0) is 24.4 Å². The van der Waals surface area contributed by atoms with E-state index in [9.17, 15) is 18.0 Å². The number of nitrogens with one attached hydrogen (secondary N) is 1. The predicted octanol–water partition coefficient (Wildman–Crippen LogP) is 5.21. The van der Waals surface area contributed by atoms with Crippen LogP contribution in [0.2, 0.25) is 5.28 Å². The highest BCUT2D eigenvalue weighted by Gasteiger charge is 2.23. The fraction of sp³-hybridized carbons (Fsp3) is 0.577. The highest BCUT2D eigenvalue weighted by molar-refractivity contribution is 6.28. The summed E-state index contributed by atoms with van der Waals surface area (Å²) in [5.41, 5.74) is 1.26. The van der Waals surface area contributed by atoms with E-state index in [1.807, 2.05) is 30.7 Å². The highest BCUT2D eigenvalue weighted by Crippen LogP contribution is 2.28. The van der Waals surface area contributed by atoms with Crippen molar-refractivity contribution < 1.29 is 18.0 Å². The van der Waals surface area contributed by atoms with Crippen LogP contribution in [0.3, 0.4) is 0 Å². The van der Waals surface area contributed by atoms with E-state index in [0.717, 1.165) is 56.3 Å². The van der Waals surface area contributed by atoms with Gasteiger partial charge in [0.25, 0.3) is 6.43 Å². The summed E-state index contributed by atoms with van der Waals surface area (Å²) in [5, 5.41) is 3.08. The largest absolute Gasteiger partial charge is 0.365 e. The molecule has 1 saturated heterocycles. The summed E-state index contributed by atoms with van der Waals surface area (Å²) in [6, 6.07) is 3.95. The third-order valence-electron chi connectivity index (χ3n) is 6.01. The summed E-state index contributed by atoms with van der Waals surface area (Å²) in [5.74, 6) is 0.204. The molecule has 1 amide bonds. The van der Waals surface area contributed by atoms with E-state index < -0.39 is 17.8 Å². The molecular formula is C26H38ClF3N6O. The summed E-state index contributed by atoms with van der Waals surface area (Å²) >= 11 is 5.90. The highest BCUT2D eigenvalue weighted by atomic mass is 35.5. The number of hydrogen-bond donors (Lipinski definition) is 1. The second-order valence-corrected chi connectivity index (χ2v) is 9.57. The van der Waals surface area contributed by atoms with Crippen molar-refractivity contribution in [1.29, 1.82) is 0 Å². The van der Waals surface area contributed by atoms with Crippen LogP contribution < -0.4 is 5.32 Å². The van der Waals surface area contributed by atoms with Gasteiger partial charge in [-0.1, -0.05) is 39.0 Å². The summed E-state index contributed by atoms with van der Waals surface area (Å²) in [6.07, 6.45) is -0.773. The zero-order valence-electron chi connectivity index (χ0n) is 22.3. The Kier molecular flexibility index (Phi) is 12.6. The van der Waals surface area contributed by atoms with Crippen molar-refractivity contribution >= 4 is 23.8 Å². The molecule has 11 heteroatoms. The molecule has 7 nitrogen and oxygen atoms in total. The Morgan fingerprint density at radius 3 is 2.54 bits per heavy atom. The molecule has 2 aliphatic heterocycles. The maximum atomic E-state index is 14.1. The van der Waals surface area contributed by atoms with Gasteiger partial charge in [0.15, 0.2) is 0 Å². The number of carbonyl (C=O) groups excluding carboxylic acids is 1. The molecule has 1 N–H and O–H groups in total. The molecule has 1 unspecified atom stereocenters. The van der Waals surface area contributed by atoms with Crippen molar-refractivity contribution in [3.8, 4) is 0 Å². The normalized spacial score (nSPS) is 18.1. The van der Waals surface area contributed by atoms with Gasteiger partial charge in [-0.3, -0.25) is 9.69 Å². The maximum Gasteiger partial charge on any atom is 0.266 e. The zero-order chi connectivity index (χ0) is 27.5. The molecule has 1 atom stereocenters. The fourth-order valence-electron chi connectivity index (χ4n) is 4.42. The lowest BCUT2D eigenvalue weighted by atomic mass is 10.1. The Bertz CT molecular complexity index is 1010. The standard InChI is InChI=1S/C15H14ClF3N4.C9H18N2O.C2H6/c1-23-6-10-11(7-23)21-15(16)22-14(10)20-5-8-3-2-4-9(12(8)17)13(18)19;1-9-6-10(2)4-3-5-11(7-9)8-12;1-2/h2-4,13H,5-7H2,1H3,(H,20,21,22);8-9H,3-7H2,1-2H3;1-2H3. The molecule has 2 aliphatic rings. The van der Waals surface area contributed by atoms with Crippen molar-refractivity contribution in [3.63, 3.8) is 0 Å². The van der Waals surface area contributed by atoms with Crippen LogP contribution in [-0.4, -0.2) is 71.4 Å². The molecule has 4 rings (SSSR count). The number of halogens is 4. The lowest BCUT2D eigenvalue weighted by Gasteiger charge is -2.29. The van der Waals surface area contributed by atoms with Gasteiger partial charge in [-0.05, 0) is 44.6 Å². The zero-order valence-corrected chi connectivity index (χ0v) is 23.0. The van der Waals surface area contributed by atoms with Crippen LogP contribution >= 0.6 is 11.6 Å². The average molecular weight is 543 g/mol. The van der Waals surface area contributed by atoms with E-state index >= 15 is 0 Å². The summed E-state index contributed by atoms with van der Waals surface area (Å²) in [6.45, 7) is 11.6. The van der Waals surface area contributed by atoms with Gasteiger partial charge in [-0.15, -0.1) is 0 Å². The number of rotatable bonds is 5. The lowest BCUT2D eigenvalue weighted by molar-refractivity contribution is -0.119. The third-order valence-corrected chi connectivity index (χ3v) is 6.18. The Hall–Kier alpha value is -2.43. The SMILES string of the molecule is CC.CC1CN(C)CCCN(C=O)C1.CN1Cc2nc(Cl)nc(NCc3cccc(C(F)F)c3F)c2C1. The molecule has 206 valence electrons. The number of carbonyl (C=O) groups is 1. The molecule has 0 bridgehead atoms. The van der Waals surface area contributed by atoms with Crippen molar-refractivity contribution in [2.45, 2.75) is 53.3 Å². The Morgan fingerprint density at radius 1 is 1.14 bits per heavy atom. The quantitative estimate of drug-likeness (QED) is 0.413. The minimum Gasteiger partial charge on any atom is -0.365 e. The molecule has 0 spiro atoms. The summed E-state index contributed by atoms with van der Waals surface area (Å²) < 4.78 is 39.5. The average Bonchev–Trinajstić information content (AvgIpc) is 3.22. The minimum atomic E-state index is -2.85. The van der Waals surface area contributed by atoms with E-state index in [1.165, 1.54) is 12.1 Å². The van der Waals surface area contributed by atoms with Crippen LogP contribution in [0.4, 0.5) is 19.0 Å². The molecule has 1 fully saturated rings. The number of hydrogen-bond acceptors (Lipinski definition) is 6. The number of alkyl halides is 2. The van der Waals surface area contributed by atoms with E-state index in [-0.39, 0.29) is 17.4 Å². The van der Waals surface area contributed by atoms with E-state index in [0.29, 0.717) is 24.8 Å². The molecular weight excluding hydrogens is 505 g/mol. The first-order valence-electron chi connectivity index (χ1n) is 12.6. The second kappa shape index (κ2) is 15.1. The Labute approximate surface area is 223 Å². The first kappa shape index (κ1) is 30.8. The number of benzene rings is 1. The monoisotopic (exact) mass is 542 g/mol. The van der Waals surface area contributed by atoms with Gasteiger partial charge < -0.3 is 15.1 Å². The number of aromatic nitrogens is 2. The van der Waals surface area contributed by atoms with E-state index in [4.69, 9.17) is 11.6 Å². The van der Waals surface area contributed by atoms with Gasteiger partial charge in [0.2, 0.25) is 11.7 Å². The summed E-state index contributed by atoms with van der Waals surface area (Å²) in [4.78, 5) is 25.1. The van der Waals surface area contributed by atoms with Crippen molar-refractivity contribution in [3.05, 3.63) is 51.7 Å². The van der Waals surface area contributed by atoms with Crippen molar-refractivity contribution in [2.24, 2.45) is 5.92 Å². The van der Waals surface area contributed by atoms with Crippen molar-refractivity contribution in [1.82, 2.24) is 24.7 Å². The summed E-state index contributed by atoms with van der Waals surface area (Å²) in [7, 11) is 4.08. The second-order valence-electron chi connectivity index (χ2n) is 9.23. The van der Waals surface area contributed by atoms with Gasteiger partial charge in [0, 0.05) is 50.4 Å². The fourth-order valence-corrected chi connectivity index (χ4v) is 4.61. The van der Waals surface area contributed by atoms with Crippen LogP contribution in [0.5, 0.6) is 0 Å². The molecule has 0 radical (unpaired) electrons. The first-order valence-corrected chi connectivity index (χ1v) is 13.0. The Morgan fingerprint density at radius 2 is 1.86 bits per heavy atom. The number of nitrogens with zero attached hydrogens (tertiary/aromatic N) is 5. The third kappa shape index (κ3) is 9.12. The molecule has 1 aromatic heterocycles. The van der Waals surface area contributed by atoms with Crippen LogP contribution in [0, 0.1) is 11.7 Å². The number of fused-ring (bicyclic) bond motifs is 1. The molecule has 37 heavy (non-hydrogen) atoms. The molecule has 1 aromatic carbocycles. The predicted molar refractivity (Wildman–Crippen MR) is 141 cm³/mol. The van der Waals surface area contributed by atoms with Gasteiger partial charge in [-0.25, -0.2) is 23.1 Å². The van der Waals surface area contributed by atoms with Gasteiger partial charge in [-0.2, -0.15) is 0 Å². The smallest absolute Gasteiger partial charge is 0.266 e. The van der Waals surface area contributed by atoms with Gasteiger partial charge in [0.1, 0.15) is 11.6 Å². The van der Waals surface area contributed by atoms with Gasteiger partial charge in [0.05, 0.1) is 11.3 Å². The number of amides is 1. The Balaban J connectivity index is 0.000000291. The van der Waals surface area contributed by atoms with Crippen LogP contribution in [0.25, 0.3) is 0 Å².